The monoisotopic (exact) mass is 517 g/mol. The number of esters is 2. The van der Waals surface area contributed by atoms with Gasteiger partial charge in [0.25, 0.3) is 0 Å². The van der Waals surface area contributed by atoms with Crippen molar-refractivity contribution in [2.45, 2.75) is 129 Å². The number of thiol groups is 1. The second kappa shape index (κ2) is 23.9. The third-order valence-electron chi connectivity index (χ3n) is 6.36. The van der Waals surface area contributed by atoms with Crippen LogP contribution in [0.3, 0.4) is 0 Å². The lowest BCUT2D eigenvalue weighted by Gasteiger charge is -2.23. The highest BCUT2D eigenvalue weighted by Crippen LogP contribution is 2.17. The van der Waals surface area contributed by atoms with Gasteiger partial charge in [0, 0.05) is 6.54 Å². The zero-order valence-corrected chi connectivity index (χ0v) is 23.9. The fourth-order valence-electron chi connectivity index (χ4n) is 4.12. The Kier molecular flexibility index (Phi) is 23.3. The van der Waals surface area contributed by atoms with E-state index in [4.69, 9.17) is 17.0 Å². The zero-order chi connectivity index (χ0) is 25.4. The molecular formula is C27H51NO4S2. The van der Waals surface area contributed by atoms with Crippen LogP contribution in [0.4, 0.5) is 0 Å². The van der Waals surface area contributed by atoms with Crippen LogP contribution in [-0.4, -0.2) is 42.0 Å². The Hall–Kier alpha value is -0.820. The lowest BCUT2D eigenvalue weighted by atomic mass is 10.0. The molecule has 0 amide bonds. The molecular weight excluding hydrogens is 466 g/mol. The predicted molar refractivity (Wildman–Crippen MR) is 149 cm³/mol. The van der Waals surface area contributed by atoms with Crippen molar-refractivity contribution in [2.24, 2.45) is 5.92 Å². The summed E-state index contributed by atoms with van der Waals surface area (Å²) in [5.74, 6) is -1.86. The number of thiocarbonyl (C=S) groups is 1. The number of hydrogen-bond acceptors (Lipinski definition) is 6. The Bertz CT molecular complexity index is 531. The summed E-state index contributed by atoms with van der Waals surface area (Å²) in [5, 5.41) is 0. The Morgan fingerprint density at radius 2 is 1.09 bits per heavy atom. The average Bonchev–Trinajstić information content (AvgIpc) is 2.85. The first-order chi connectivity index (χ1) is 16.5. The topological polar surface area (TPSA) is 55.8 Å². The molecule has 200 valence electrons. The molecule has 0 aliphatic rings. The van der Waals surface area contributed by atoms with Crippen molar-refractivity contribution in [1.29, 1.82) is 0 Å². The van der Waals surface area contributed by atoms with E-state index in [1.165, 1.54) is 117 Å². The number of carbonyl (C=O) groups is 2. The van der Waals surface area contributed by atoms with E-state index in [0.29, 0.717) is 11.5 Å². The van der Waals surface area contributed by atoms with Crippen LogP contribution >= 0.6 is 25.0 Å². The minimum absolute atomic E-state index is 0.127. The van der Waals surface area contributed by atoms with Crippen molar-refractivity contribution < 1.29 is 19.1 Å². The maximum absolute atomic E-state index is 12.0. The molecule has 0 aliphatic carbocycles. The van der Waals surface area contributed by atoms with Gasteiger partial charge in [0.05, 0.1) is 20.6 Å². The summed E-state index contributed by atoms with van der Waals surface area (Å²) in [7, 11) is 2.57. The summed E-state index contributed by atoms with van der Waals surface area (Å²) < 4.78 is 11.0. The van der Waals surface area contributed by atoms with Crippen LogP contribution in [0.25, 0.3) is 0 Å². The minimum atomic E-state index is -0.833. The van der Waals surface area contributed by atoms with Gasteiger partial charge < -0.3 is 13.8 Å². The van der Waals surface area contributed by atoms with Gasteiger partial charge >= 0.3 is 11.9 Å². The van der Waals surface area contributed by atoms with Crippen molar-refractivity contribution in [2.75, 3.05) is 20.8 Å². The minimum Gasteiger partial charge on any atom is -0.469 e. The molecule has 0 saturated carbocycles. The predicted octanol–water partition coefficient (Wildman–Crippen LogP) is 7.85. The average molecular weight is 518 g/mol. The van der Waals surface area contributed by atoms with Crippen molar-refractivity contribution in [1.82, 2.24) is 4.31 Å². The molecule has 0 radical (unpaired) electrons. The molecule has 0 aromatic heterocycles. The maximum atomic E-state index is 12.0. The molecule has 5 nitrogen and oxygen atoms in total. The van der Waals surface area contributed by atoms with E-state index < -0.39 is 17.9 Å². The zero-order valence-electron chi connectivity index (χ0n) is 22.2. The smallest absolute Gasteiger partial charge is 0.316 e. The van der Waals surface area contributed by atoms with Gasteiger partial charge in [-0.2, -0.15) is 0 Å². The van der Waals surface area contributed by atoms with Crippen LogP contribution in [0, 0.1) is 5.92 Å². The van der Waals surface area contributed by atoms with Gasteiger partial charge in [-0.15, -0.1) is 0 Å². The van der Waals surface area contributed by atoms with Crippen molar-refractivity contribution in [3.05, 3.63) is 0 Å². The molecule has 1 atom stereocenters. The number of methoxy groups -OCH3 is 2. The van der Waals surface area contributed by atoms with E-state index in [9.17, 15) is 9.59 Å². The molecule has 34 heavy (non-hydrogen) atoms. The molecule has 0 aliphatic heterocycles. The van der Waals surface area contributed by atoms with E-state index in [0.717, 1.165) is 12.8 Å². The molecule has 1 unspecified atom stereocenters. The Labute approximate surface area is 220 Å². The standard InChI is InChI=1S/C27H51NO4S2/c1-4-5-6-7-8-9-10-11-12-13-14-15-16-17-18-19-20-21-22-28(34)26(33)24(27(30)32-3)23-25(29)31-2/h24,34H,4-23H2,1-3H3. The van der Waals surface area contributed by atoms with E-state index >= 15 is 0 Å². The van der Waals surface area contributed by atoms with Crippen LogP contribution in [0.5, 0.6) is 0 Å². The molecule has 0 saturated heterocycles. The van der Waals surface area contributed by atoms with Gasteiger partial charge in [0.2, 0.25) is 0 Å². The fraction of sp³-hybridized carbons (Fsp3) is 0.889. The van der Waals surface area contributed by atoms with Gasteiger partial charge in [-0.05, 0) is 6.42 Å². The highest BCUT2D eigenvalue weighted by atomic mass is 32.1. The largest absolute Gasteiger partial charge is 0.469 e. The van der Waals surface area contributed by atoms with Crippen LogP contribution in [0.2, 0.25) is 0 Å². The molecule has 0 fully saturated rings. The second-order valence-corrected chi connectivity index (χ2v) is 10.2. The molecule has 0 bridgehead atoms. The number of hydrogen-bond donors (Lipinski definition) is 1. The Morgan fingerprint density at radius 3 is 1.44 bits per heavy atom. The molecule has 7 heteroatoms. The molecule has 0 aromatic carbocycles. The van der Waals surface area contributed by atoms with Gasteiger partial charge in [0.1, 0.15) is 10.9 Å². The lowest BCUT2D eigenvalue weighted by molar-refractivity contribution is -0.149. The van der Waals surface area contributed by atoms with Crippen LogP contribution < -0.4 is 0 Å². The number of ether oxygens (including phenoxy) is 2. The van der Waals surface area contributed by atoms with Crippen molar-refractivity contribution in [3.8, 4) is 0 Å². The van der Waals surface area contributed by atoms with Crippen molar-refractivity contribution >= 4 is 42.0 Å². The van der Waals surface area contributed by atoms with E-state index in [-0.39, 0.29) is 6.42 Å². The summed E-state index contributed by atoms with van der Waals surface area (Å²) in [5.41, 5.74) is 0. The van der Waals surface area contributed by atoms with Gasteiger partial charge in [-0.3, -0.25) is 9.59 Å². The molecule has 0 heterocycles. The van der Waals surface area contributed by atoms with Gasteiger partial charge in [-0.1, -0.05) is 141 Å². The first-order valence-electron chi connectivity index (χ1n) is 13.6. The lowest BCUT2D eigenvalue weighted by Crippen LogP contribution is -2.35. The second-order valence-electron chi connectivity index (χ2n) is 9.33. The summed E-state index contributed by atoms with van der Waals surface area (Å²) in [6.07, 6.45) is 23.9. The summed E-state index contributed by atoms with van der Waals surface area (Å²) >= 11 is 9.78. The third kappa shape index (κ3) is 18.5. The maximum Gasteiger partial charge on any atom is 0.316 e. The van der Waals surface area contributed by atoms with Crippen LogP contribution in [0.15, 0.2) is 0 Å². The number of nitrogens with zero attached hydrogens (tertiary/aromatic N) is 1. The molecule has 0 spiro atoms. The van der Waals surface area contributed by atoms with Crippen LogP contribution in [-0.2, 0) is 19.1 Å². The summed E-state index contributed by atoms with van der Waals surface area (Å²) in [6.45, 7) is 2.92. The number of unbranched alkanes of at least 4 members (excludes halogenated alkanes) is 17. The Morgan fingerprint density at radius 1 is 0.706 bits per heavy atom. The summed E-state index contributed by atoms with van der Waals surface area (Å²) in [6, 6.07) is 0. The molecule has 0 N–H and O–H groups in total. The van der Waals surface area contributed by atoms with Crippen molar-refractivity contribution in [3.63, 3.8) is 0 Å². The first kappa shape index (κ1) is 33.2. The fourth-order valence-corrected chi connectivity index (χ4v) is 4.67. The normalized spacial score (nSPS) is 11.8. The first-order valence-corrected chi connectivity index (χ1v) is 14.4. The quantitative estimate of drug-likeness (QED) is 0.0644. The molecule has 0 rings (SSSR count). The van der Waals surface area contributed by atoms with E-state index in [2.05, 4.69) is 24.5 Å². The summed E-state index contributed by atoms with van der Waals surface area (Å²) in [4.78, 5) is 23.9. The van der Waals surface area contributed by atoms with Crippen LogP contribution in [0.1, 0.15) is 129 Å². The SMILES string of the molecule is CCCCCCCCCCCCCCCCCCCCN(S)C(=S)C(CC(=O)OC)C(=O)OC. The van der Waals surface area contributed by atoms with Gasteiger partial charge in [-0.25, -0.2) is 0 Å². The number of carbonyl (C=O) groups excluding carboxylic acids is 2. The number of rotatable bonds is 23. The van der Waals surface area contributed by atoms with E-state index in [1.54, 1.807) is 4.31 Å². The van der Waals surface area contributed by atoms with Gasteiger partial charge in [0.15, 0.2) is 0 Å². The highest BCUT2D eigenvalue weighted by molar-refractivity contribution is 7.84. The third-order valence-corrected chi connectivity index (χ3v) is 7.42. The highest BCUT2D eigenvalue weighted by Gasteiger charge is 2.30. The molecule has 0 aromatic rings. The Balaban J connectivity index is 3.62. The van der Waals surface area contributed by atoms with E-state index in [1.807, 2.05) is 0 Å².